The van der Waals surface area contributed by atoms with E-state index in [-0.39, 0.29) is 12.5 Å². The van der Waals surface area contributed by atoms with Crippen LogP contribution in [0.2, 0.25) is 5.02 Å². The Balaban J connectivity index is 0.00000102. The molecular formula is C26H36ClNO9. The van der Waals surface area contributed by atoms with E-state index in [0.717, 1.165) is 27.5 Å². The van der Waals surface area contributed by atoms with Crippen LogP contribution in [0.3, 0.4) is 0 Å². The number of benzene rings is 2. The summed E-state index contributed by atoms with van der Waals surface area (Å²) in [4.78, 5) is 20.2. The summed E-state index contributed by atoms with van der Waals surface area (Å²) in [6, 6.07) is 7.66. The molecule has 1 unspecified atom stereocenters. The van der Waals surface area contributed by atoms with Crippen LogP contribution in [-0.4, -0.2) is 79.8 Å². The average molecular weight is 542 g/mol. The standard InChI is InChI=1S/C24H34ClNO5.C2H2O4/c1-15(2)19-11-20(25)16(3)10-22(19)31-14-18(27)13-26(4)12-17-8-9-21(28-5)24(30-7)23(17)29-6;3-1(4)2(5)6/h8-11,15,18,27H,12-14H2,1-7H3;(H,3,4)(H,5,6). The van der Waals surface area contributed by atoms with Crippen LogP contribution in [0.5, 0.6) is 23.0 Å². The Bertz CT molecular complexity index is 1050. The second-order valence-electron chi connectivity index (χ2n) is 8.56. The van der Waals surface area contributed by atoms with E-state index >= 15 is 0 Å². The van der Waals surface area contributed by atoms with Crippen molar-refractivity contribution in [3.8, 4) is 23.0 Å². The maximum Gasteiger partial charge on any atom is 0.414 e. The van der Waals surface area contributed by atoms with Gasteiger partial charge in [0.2, 0.25) is 5.75 Å². The van der Waals surface area contributed by atoms with Crippen molar-refractivity contribution in [1.29, 1.82) is 0 Å². The molecule has 11 heteroatoms. The molecular weight excluding hydrogens is 506 g/mol. The second kappa shape index (κ2) is 15.1. The normalized spacial score (nSPS) is 11.4. The summed E-state index contributed by atoms with van der Waals surface area (Å²) in [5.41, 5.74) is 2.92. The summed E-state index contributed by atoms with van der Waals surface area (Å²) in [6.07, 6.45) is -0.660. The molecule has 10 nitrogen and oxygen atoms in total. The molecule has 0 aliphatic rings. The van der Waals surface area contributed by atoms with Gasteiger partial charge in [-0.25, -0.2) is 9.59 Å². The van der Waals surface area contributed by atoms with Gasteiger partial charge in [0, 0.05) is 23.7 Å². The molecule has 0 radical (unpaired) electrons. The minimum Gasteiger partial charge on any atom is -0.493 e. The zero-order chi connectivity index (χ0) is 28.3. The van der Waals surface area contributed by atoms with E-state index < -0.39 is 18.0 Å². The van der Waals surface area contributed by atoms with E-state index in [1.54, 1.807) is 21.3 Å². The first-order valence-electron chi connectivity index (χ1n) is 11.4. The van der Waals surface area contributed by atoms with Crippen LogP contribution in [0, 0.1) is 6.92 Å². The zero-order valence-corrected chi connectivity index (χ0v) is 23.0. The first kappa shape index (κ1) is 31.8. The lowest BCUT2D eigenvalue weighted by Crippen LogP contribution is -2.33. The van der Waals surface area contributed by atoms with E-state index in [0.29, 0.717) is 30.3 Å². The third kappa shape index (κ3) is 9.64. The van der Waals surface area contributed by atoms with Crippen molar-refractivity contribution < 1.29 is 43.9 Å². The minimum absolute atomic E-state index is 0.189. The largest absolute Gasteiger partial charge is 0.493 e. The number of rotatable bonds is 11. The van der Waals surface area contributed by atoms with Crippen molar-refractivity contribution in [2.45, 2.75) is 39.3 Å². The third-order valence-electron chi connectivity index (χ3n) is 5.28. The molecule has 2 aromatic rings. The van der Waals surface area contributed by atoms with Crippen molar-refractivity contribution in [1.82, 2.24) is 4.90 Å². The van der Waals surface area contributed by atoms with E-state index in [1.807, 2.05) is 43.1 Å². The summed E-state index contributed by atoms with van der Waals surface area (Å²) >= 11 is 6.27. The Hall–Kier alpha value is -3.21. The van der Waals surface area contributed by atoms with Gasteiger partial charge in [-0.15, -0.1) is 0 Å². The number of aliphatic hydroxyl groups is 1. The van der Waals surface area contributed by atoms with Crippen molar-refractivity contribution in [3.05, 3.63) is 46.0 Å². The van der Waals surface area contributed by atoms with E-state index in [2.05, 4.69) is 13.8 Å². The highest BCUT2D eigenvalue weighted by atomic mass is 35.5. The molecule has 0 heterocycles. The molecule has 0 aliphatic heterocycles. The highest BCUT2D eigenvalue weighted by molar-refractivity contribution is 6.31. The summed E-state index contributed by atoms with van der Waals surface area (Å²) in [5.74, 6) is -0.828. The van der Waals surface area contributed by atoms with Crippen LogP contribution in [0.25, 0.3) is 0 Å². The molecule has 2 aromatic carbocycles. The van der Waals surface area contributed by atoms with Gasteiger partial charge in [-0.3, -0.25) is 4.90 Å². The number of ether oxygens (including phenoxy) is 4. The van der Waals surface area contributed by atoms with Gasteiger partial charge in [0.25, 0.3) is 0 Å². The van der Waals surface area contributed by atoms with Gasteiger partial charge >= 0.3 is 11.9 Å². The van der Waals surface area contributed by atoms with Gasteiger partial charge in [0.15, 0.2) is 11.5 Å². The predicted molar refractivity (Wildman–Crippen MR) is 139 cm³/mol. The first-order valence-corrected chi connectivity index (χ1v) is 11.8. The van der Waals surface area contributed by atoms with Gasteiger partial charge in [-0.05, 0) is 49.2 Å². The van der Waals surface area contributed by atoms with Crippen LogP contribution in [0.1, 0.15) is 36.5 Å². The lowest BCUT2D eigenvalue weighted by Gasteiger charge is -2.23. The molecule has 206 valence electrons. The number of methoxy groups -OCH3 is 3. The quantitative estimate of drug-likeness (QED) is 0.360. The molecule has 0 amide bonds. The number of carboxylic acid groups (broad SMARTS) is 2. The Morgan fingerprint density at radius 2 is 1.57 bits per heavy atom. The second-order valence-corrected chi connectivity index (χ2v) is 8.97. The van der Waals surface area contributed by atoms with Gasteiger partial charge < -0.3 is 34.3 Å². The number of hydrogen-bond donors (Lipinski definition) is 3. The summed E-state index contributed by atoms with van der Waals surface area (Å²) < 4.78 is 22.3. The number of hydrogen-bond acceptors (Lipinski definition) is 8. The van der Waals surface area contributed by atoms with Crippen molar-refractivity contribution in [2.24, 2.45) is 0 Å². The number of halogens is 1. The molecule has 0 aromatic heterocycles. The molecule has 0 saturated heterocycles. The molecule has 0 aliphatic carbocycles. The van der Waals surface area contributed by atoms with Crippen molar-refractivity contribution in [2.75, 3.05) is 41.5 Å². The predicted octanol–water partition coefficient (Wildman–Crippen LogP) is 3.82. The van der Waals surface area contributed by atoms with Gasteiger partial charge in [0.1, 0.15) is 18.5 Å². The zero-order valence-electron chi connectivity index (χ0n) is 22.2. The Morgan fingerprint density at radius 3 is 2.05 bits per heavy atom. The van der Waals surface area contributed by atoms with Gasteiger partial charge in [-0.2, -0.15) is 0 Å². The molecule has 0 spiro atoms. The highest BCUT2D eigenvalue weighted by Gasteiger charge is 2.19. The molecule has 3 N–H and O–H groups in total. The number of nitrogens with zero attached hydrogens (tertiary/aromatic N) is 1. The number of carboxylic acids is 2. The first-order chi connectivity index (χ1) is 17.4. The van der Waals surface area contributed by atoms with Crippen LogP contribution in [0.15, 0.2) is 24.3 Å². The number of aryl methyl sites for hydroxylation is 1. The fourth-order valence-corrected chi connectivity index (χ4v) is 3.66. The SMILES string of the molecule is COc1ccc(CN(C)CC(O)COc2cc(C)c(Cl)cc2C(C)C)c(OC)c1OC.O=C(O)C(=O)O. The minimum atomic E-state index is -1.82. The number of aliphatic carboxylic acids is 2. The topological polar surface area (TPSA) is 135 Å². The molecule has 0 bridgehead atoms. The maximum atomic E-state index is 10.6. The van der Waals surface area contributed by atoms with Crippen LogP contribution in [-0.2, 0) is 16.1 Å². The van der Waals surface area contributed by atoms with Crippen LogP contribution < -0.4 is 18.9 Å². The molecule has 2 rings (SSSR count). The molecule has 0 saturated carbocycles. The van der Waals surface area contributed by atoms with E-state index in [1.165, 1.54) is 0 Å². The van der Waals surface area contributed by atoms with E-state index in [4.69, 9.17) is 50.4 Å². The van der Waals surface area contributed by atoms with Crippen molar-refractivity contribution >= 4 is 23.5 Å². The Kier molecular flexibility index (Phi) is 13.0. The highest BCUT2D eigenvalue weighted by Crippen LogP contribution is 2.40. The monoisotopic (exact) mass is 541 g/mol. The fourth-order valence-electron chi connectivity index (χ4n) is 3.49. The third-order valence-corrected chi connectivity index (χ3v) is 5.68. The van der Waals surface area contributed by atoms with Crippen LogP contribution in [0.4, 0.5) is 0 Å². The van der Waals surface area contributed by atoms with Gasteiger partial charge in [0.05, 0.1) is 21.3 Å². The Labute approximate surface area is 222 Å². The number of carbonyl (C=O) groups is 2. The van der Waals surface area contributed by atoms with Crippen molar-refractivity contribution in [3.63, 3.8) is 0 Å². The summed E-state index contributed by atoms with van der Waals surface area (Å²) in [7, 11) is 6.71. The lowest BCUT2D eigenvalue weighted by atomic mass is 10.0. The Morgan fingerprint density at radius 1 is 0.973 bits per heavy atom. The van der Waals surface area contributed by atoms with Crippen LogP contribution >= 0.6 is 11.6 Å². The smallest absolute Gasteiger partial charge is 0.414 e. The molecule has 0 fully saturated rings. The van der Waals surface area contributed by atoms with Gasteiger partial charge in [-0.1, -0.05) is 31.5 Å². The number of likely N-dealkylation sites (N-methyl/N-ethyl adjacent to an activating group) is 1. The molecule has 37 heavy (non-hydrogen) atoms. The van der Waals surface area contributed by atoms with E-state index in [9.17, 15) is 5.11 Å². The molecule has 1 atom stereocenters. The number of aliphatic hydroxyl groups excluding tert-OH is 1. The summed E-state index contributed by atoms with van der Waals surface area (Å²) in [5, 5.41) is 26.1. The summed E-state index contributed by atoms with van der Waals surface area (Å²) in [6.45, 7) is 7.32. The lowest BCUT2D eigenvalue weighted by molar-refractivity contribution is -0.159. The fraction of sp³-hybridized carbons (Fsp3) is 0.462. The average Bonchev–Trinajstić information content (AvgIpc) is 2.84. The maximum absolute atomic E-state index is 10.6.